The van der Waals surface area contributed by atoms with Gasteiger partial charge in [-0.1, -0.05) is 54.4 Å². The van der Waals surface area contributed by atoms with Gasteiger partial charge in [-0.05, 0) is 0 Å². The van der Waals surface area contributed by atoms with E-state index in [1.807, 2.05) is 0 Å². The Kier molecular flexibility index (Phi) is 16.8. The van der Waals surface area contributed by atoms with E-state index < -0.39 is 12.1 Å². The third-order valence-corrected chi connectivity index (χ3v) is 0.655. The van der Waals surface area contributed by atoms with Crippen molar-refractivity contribution in [2.45, 2.75) is 60.6 Å². The topological polar surface area (TPSA) is 0 Å². The van der Waals surface area contributed by atoms with Crippen molar-refractivity contribution in [2.24, 2.45) is 5.92 Å². The van der Waals surface area contributed by atoms with E-state index in [9.17, 15) is 13.2 Å². The fourth-order valence-electron chi connectivity index (χ4n) is 0. The maximum atomic E-state index is 11.2. The van der Waals surface area contributed by atoms with Crippen molar-refractivity contribution in [3.63, 3.8) is 0 Å². The molecule has 0 fully saturated rings. The highest BCUT2D eigenvalue weighted by Crippen LogP contribution is 2.24. The second kappa shape index (κ2) is 11.8. The first kappa shape index (κ1) is 18.5. The number of hydrogen-bond acceptors (Lipinski definition) is 0. The molecule has 0 bridgehead atoms. The Morgan fingerprint density at radius 1 is 0.846 bits per heavy atom. The van der Waals surface area contributed by atoms with Gasteiger partial charge in [0.05, 0.1) is 0 Å². The quantitative estimate of drug-likeness (QED) is 0.514. The molecule has 84 valence electrons. The summed E-state index contributed by atoms with van der Waals surface area (Å²) in [6.45, 7) is 10.8. The molecule has 0 heterocycles. The van der Waals surface area contributed by atoms with Crippen molar-refractivity contribution in [1.82, 2.24) is 0 Å². The Hall–Kier alpha value is -0.210. The van der Waals surface area contributed by atoms with Crippen LogP contribution < -0.4 is 0 Å². The molecule has 0 aliphatic rings. The summed E-state index contributed by atoms with van der Waals surface area (Å²) in [6.07, 6.45) is -1.50. The zero-order valence-electron chi connectivity index (χ0n) is 9.63. The molecule has 0 aromatic rings. The summed E-state index contributed by atoms with van der Waals surface area (Å²) in [7, 11) is 0. The highest BCUT2D eigenvalue weighted by atomic mass is 19.4. The van der Waals surface area contributed by atoms with Crippen LogP contribution in [0.25, 0.3) is 0 Å². The van der Waals surface area contributed by atoms with Crippen molar-refractivity contribution in [1.29, 1.82) is 0 Å². The van der Waals surface area contributed by atoms with Crippen molar-refractivity contribution >= 4 is 0 Å². The molecule has 0 unspecified atom stereocenters. The molecule has 0 saturated carbocycles. The van der Waals surface area contributed by atoms with Crippen LogP contribution in [0, 0.1) is 5.92 Å². The normalized spacial score (nSPS) is 9.69. The lowest BCUT2D eigenvalue weighted by atomic mass is 10.2. The smallest absolute Gasteiger partial charge is 0.171 e. The molecule has 13 heavy (non-hydrogen) atoms. The van der Waals surface area contributed by atoms with E-state index in [2.05, 4.69) is 27.7 Å². The molecule has 0 atom stereocenters. The van der Waals surface area contributed by atoms with Gasteiger partial charge in [0.2, 0.25) is 0 Å². The second-order valence-corrected chi connectivity index (χ2v) is 3.11. The van der Waals surface area contributed by atoms with Gasteiger partial charge < -0.3 is 0 Å². The van der Waals surface area contributed by atoms with Crippen molar-refractivity contribution < 1.29 is 13.2 Å². The monoisotopic (exact) mass is 200 g/mol. The van der Waals surface area contributed by atoms with Crippen LogP contribution in [0.1, 0.15) is 54.4 Å². The third-order valence-electron chi connectivity index (χ3n) is 0.655. The minimum absolute atomic E-state index is 1.12. The van der Waals surface area contributed by atoms with Gasteiger partial charge in [0.15, 0.2) is 0 Å². The molecule has 0 saturated heterocycles. The molecule has 0 nitrogen and oxygen atoms in total. The Labute approximate surface area is 80.5 Å². The average Bonchev–Trinajstić information content (AvgIpc) is 1.88. The van der Waals surface area contributed by atoms with Crippen molar-refractivity contribution in [2.75, 3.05) is 0 Å². The Bertz CT molecular complexity index is 72.7. The zero-order chi connectivity index (χ0) is 11.5. The average molecular weight is 200 g/mol. The Morgan fingerprint density at radius 3 is 0.923 bits per heavy atom. The summed E-state index contributed by atoms with van der Waals surface area (Å²) in [6, 6.07) is 0. The van der Waals surface area contributed by atoms with Gasteiger partial charge in [0, 0.05) is 5.92 Å². The summed E-state index contributed by atoms with van der Waals surface area (Å²) in [5, 5.41) is 0. The molecular weight excluding hydrogens is 177 g/mol. The maximum absolute atomic E-state index is 11.2. The van der Waals surface area contributed by atoms with Crippen LogP contribution in [0.5, 0.6) is 0 Å². The lowest BCUT2D eigenvalue weighted by Crippen LogP contribution is -2.15. The SMILES string of the molecule is CC(C)C(F)(F)F.CCC.CCC. The van der Waals surface area contributed by atoms with Gasteiger partial charge in [-0.2, -0.15) is 13.2 Å². The number of rotatable bonds is 0. The number of halogens is 3. The standard InChI is InChI=1S/C4H7F3.2C3H8/c1-3(2)4(5,6)7;2*1-3-2/h3H,1-2H3;2*3H2,1-2H3. The van der Waals surface area contributed by atoms with Gasteiger partial charge in [0.25, 0.3) is 0 Å². The summed E-state index contributed by atoms with van der Waals surface area (Å²) >= 11 is 0. The van der Waals surface area contributed by atoms with Crippen LogP contribution in [0.15, 0.2) is 0 Å². The summed E-state index contributed by atoms with van der Waals surface area (Å²) < 4.78 is 33.5. The van der Waals surface area contributed by atoms with Gasteiger partial charge in [-0.15, -0.1) is 0 Å². The van der Waals surface area contributed by atoms with Gasteiger partial charge in [0.1, 0.15) is 0 Å². The van der Waals surface area contributed by atoms with Crippen molar-refractivity contribution in [3.8, 4) is 0 Å². The first-order valence-corrected chi connectivity index (χ1v) is 4.84. The molecular formula is C10H23F3. The maximum Gasteiger partial charge on any atom is 0.391 e. The zero-order valence-corrected chi connectivity index (χ0v) is 9.63. The van der Waals surface area contributed by atoms with E-state index in [4.69, 9.17) is 0 Å². The Balaban J connectivity index is -0.000000140. The van der Waals surface area contributed by atoms with E-state index in [1.165, 1.54) is 12.8 Å². The van der Waals surface area contributed by atoms with E-state index in [0.717, 1.165) is 13.8 Å². The minimum Gasteiger partial charge on any atom is -0.171 e. The first-order chi connectivity index (χ1) is 5.77. The van der Waals surface area contributed by atoms with E-state index in [1.54, 1.807) is 0 Å². The van der Waals surface area contributed by atoms with E-state index >= 15 is 0 Å². The number of hydrogen-bond donors (Lipinski definition) is 0. The molecule has 0 N–H and O–H groups in total. The number of alkyl halides is 3. The fraction of sp³-hybridized carbons (Fsp3) is 1.00. The van der Waals surface area contributed by atoms with Crippen molar-refractivity contribution in [3.05, 3.63) is 0 Å². The predicted molar refractivity (Wildman–Crippen MR) is 52.8 cm³/mol. The van der Waals surface area contributed by atoms with E-state index in [0.29, 0.717) is 0 Å². The second-order valence-electron chi connectivity index (χ2n) is 3.11. The predicted octanol–water partition coefficient (Wildman–Crippen LogP) is 5.04. The summed E-state index contributed by atoms with van der Waals surface area (Å²) in [4.78, 5) is 0. The van der Waals surface area contributed by atoms with Gasteiger partial charge in [-0.3, -0.25) is 0 Å². The molecule has 0 aromatic heterocycles. The van der Waals surface area contributed by atoms with E-state index in [-0.39, 0.29) is 0 Å². The molecule has 0 amide bonds. The highest BCUT2D eigenvalue weighted by molar-refractivity contribution is 4.52. The molecule has 0 spiro atoms. The summed E-state index contributed by atoms with van der Waals surface area (Å²) in [5.41, 5.74) is 0. The fourth-order valence-corrected chi connectivity index (χ4v) is 0. The van der Waals surface area contributed by atoms with Crippen LogP contribution in [0.2, 0.25) is 0 Å². The molecule has 0 aromatic carbocycles. The summed E-state index contributed by atoms with van der Waals surface area (Å²) in [5.74, 6) is -1.20. The molecule has 0 radical (unpaired) electrons. The molecule has 0 aliphatic carbocycles. The minimum atomic E-state index is -4.00. The first-order valence-electron chi connectivity index (χ1n) is 4.84. The van der Waals surface area contributed by atoms with Crippen LogP contribution in [-0.2, 0) is 0 Å². The van der Waals surface area contributed by atoms with Gasteiger partial charge in [-0.25, -0.2) is 0 Å². The molecule has 0 rings (SSSR count). The molecule has 3 heteroatoms. The molecule has 0 aliphatic heterocycles. The van der Waals surface area contributed by atoms with Crippen LogP contribution >= 0.6 is 0 Å². The van der Waals surface area contributed by atoms with Crippen LogP contribution in [-0.4, -0.2) is 6.18 Å². The third kappa shape index (κ3) is 33.7. The lowest BCUT2D eigenvalue weighted by molar-refractivity contribution is -0.164. The highest BCUT2D eigenvalue weighted by Gasteiger charge is 2.31. The van der Waals surface area contributed by atoms with Crippen LogP contribution in [0.4, 0.5) is 13.2 Å². The van der Waals surface area contributed by atoms with Gasteiger partial charge >= 0.3 is 6.18 Å². The lowest BCUT2D eigenvalue weighted by Gasteiger charge is -2.07. The van der Waals surface area contributed by atoms with Crippen LogP contribution in [0.3, 0.4) is 0 Å². The largest absolute Gasteiger partial charge is 0.391 e. The Morgan fingerprint density at radius 2 is 0.923 bits per heavy atom.